The number of rotatable bonds is 1. The molecule has 0 N–H and O–H groups in total. The second-order valence-corrected chi connectivity index (χ2v) is 2.96. The van der Waals surface area contributed by atoms with Crippen LogP contribution < -0.4 is 0 Å². The summed E-state index contributed by atoms with van der Waals surface area (Å²) in [6.45, 7) is 0. The van der Waals surface area contributed by atoms with Gasteiger partial charge < -0.3 is 4.52 Å². The summed E-state index contributed by atoms with van der Waals surface area (Å²) in [7, 11) is 0. The summed E-state index contributed by atoms with van der Waals surface area (Å²) < 4.78 is 42.7. The van der Waals surface area contributed by atoms with Gasteiger partial charge in [0, 0.05) is 5.56 Å². The predicted molar refractivity (Wildman–Crippen MR) is 44.6 cm³/mol. The van der Waals surface area contributed by atoms with Gasteiger partial charge >= 0.3 is 0 Å². The Labute approximate surface area is 86.5 Å². The molecule has 3 nitrogen and oxygen atoms in total. The van der Waals surface area contributed by atoms with Gasteiger partial charge in [0.1, 0.15) is 0 Å². The third-order valence-electron chi connectivity index (χ3n) is 1.63. The Morgan fingerprint density at radius 1 is 1.13 bits per heavy atom. The van der Waals surface area contributed by atoms with Gasteiger partial charge in [-0.1, -0.05) is 0 Å². The van der Waals surface area contributed by atoms with E-state index in [4.69, 9.17) is 11.6 Å². The van der Waals surface area contributed by atoms with Gasteiger partial charge in [-0.25, -0.2) is 13.2 Å². The first-order valence-electron chi connectivity index (χ1n) is 3.72. The number of halogens is 4. The first-order chi connectivity index (χ1) is 7.08. The van der Waals surface area contributed by atoms with Gasteiger partial charge in [0.05, 0.1) is 0 Å². The number of hydrogen-bond donors (Lipinski definition) is 0. The average Bonchev–Trinajstić information content (AvgIpc) is 2.60. The Kier molecular flexibility index (Phi) is 2.36. The molecule has 2 rings (SSSR count). The van der Waals surface area contributed by atoms with Crippen LogP contribution in [0.5, 0.6) is 0 Å². The molecule has 0 amide bonds. The fraction of sp³-hybridized carbons (Fsp3) is 0. The van der Waals surface area contributed by atoms with Crippen LogP contribution in [-0.4, -0.2) is 10.1 Å². The lowest BCUT2D eigenvalue weighted by Gasteiger charge is -1.97. The van der Waals surface area contributed by atoms with Crippen molar-refractivity contribution in [3.8, 4) is 11.5 Å². The molecule has 0 aliphatic carbocycles. The van der Waals surface area contributed by atoms with E-state index in [0.717, 1.165) is 12.1 Å². The lowest BCUT2D eigenvalue weighted by molar-refractivity contribution is 0.425. The van der Waals surface area contributed by atoms with Crippen LogP contribution in [-0.2, 0) is 0 Å². The Hall–Kier alpha value is -1.56. The molecular formula is C8H2ClF3N2O. The topological polar surface area (TPSA) is 38.9 Å². The van der Waals surface area contributed by atoms with E-state index in [-0.39, 0.29) is 16.7 Å². The van der Waals surface area contributed by atoms with Gasteiger partial charge in [0.25, 0.3) is 11.2 Å². The third kappa shape index (κ3) is 1.80. The summed E-state index contributed by atoms with van der Waals surface area (Å²) in [5, 5.41) is 3.02. The average molecular weight is 235 g/mol. The van der Waals surface area contributed by atoms with Crippen molar-refractivity contribution >= 4 is 11.6 Å². The summed E-state index contributed by atoms with van der Waals surface area (Å²) in [5.41, 5.74) is -0.0780. The summed E-state index contributed by atoms with van der Waals surface area (Å²) in [6, 6.07) is 1.48. The molecule has 7 heteroatoms. The first-order valence-corrected chi connectivity index (χ1v) is 4.10. The lowest BCUT2D eigenvalue weighted by atomic mass is 10.2. The van der Waals surface area contributed by atoms with Gasteiger partial charge in [-0.15, -0.1) is 0 Å². The maximum Gasteiger partial charge on any atom is 0.264 e. The summed E-state index contributed by atoms with van der Waals surface area (Å²) in [5.74, 6) is -4.40. The summed E-state index contributed by atoms with van der Waals surface area (Å²) in [6.07, 6.45) is 0. The number of benzene rings is 1. The molecule has 0 aliphatic heterocycles. The van der Waals surface area contributed by atoms with E-state index in [1.54, 1.807) is 0 Å². The summed E-state index contributed by atoms with van der Waals surface area (Å²) in [4.78, 5) is 3.52. The van der Waals surface area contributed by atoms with E-state index in [0.29, 0.717) is 0 Å². The highest BCUT2D eigenvalue weighted by atomic mass is 35.5. The number of aromatic nitrogens is 2. The first kappa shape index (κ1) is 9.97. The van der Waals surface area contributed by atoms with Crippen LogP contribution in [0.15, 0.2) is 16.7 Å². The maximum atomic E-state index is 12.8. The van der Waals surface area contributed by atoms with Crippen molar-refractivity contribution in [1.82, 2.24) is 10.1 Å². The van der Waals surface area contributed by atoms with Crippen molar-refractivity contribution in [2.75, 3.05) is 0 Å². The maximum absolute atomic E-state index is 12.8. The van der Waals surface area contributed by atoms with Gasteiger partial charge in [-0.05, 0) is 28.9 Å². The van der Waals surface area contributed by atoms with Gasteiger partial charge in [-0.3, -0.25) is 0 Å². The van der Waals surface area contributed by atoms with Crippen LogP contribution in [0.25, 0.3) is 11.5 Å². The molecule has 0 fully saturated rings. The smallest absolute Gasteiger partial charge is 0.264 e. The van der Waals surface area contributed by atoms with Gasteiger partial charge in [-0.2, -0.15) is 4.98 Å². The number of nitrogens with zero attached hydrogens (tertiary/aromatic N) is 2. The molecule has 1 aromatic heterocycles. The molecule has 0 saturated carbocycles. The van der Waals surface area contributed by atoms with Crippen LogP contribution in [0.1, 0.15) is 0 Å². The fourth-order valence-corrected chi connectivity index (χ4v) is 1.11. The van der Waals surface area contributed by atoms with E-state index in [1.165, 1.54) is 0 Å². The SMILES string of the molecule is Fc1cc(-c2nc(Cl)no2)cc(F)c1F. The standard InChI is InChI=1S/C8H2ClF3N2O/c9-8-13-7(15-14-8)3-1-4(10)6(12)5(11)2-3/h1-2H. The zero-order chi connectivity index (χ0) is 11.0. The Morgan fingerprint density at radius 2 is 1.73 bits per heavy atom. The Balaban J connectivity index is 2.55. The van der Waals surface area contributed by atoms with E-state index in [9.17, 15) is 13.2 Å². The minimum atomic E-state index is -1.55. The Bertz CT molecular complexity index is 491. The molecule has 0 bridgehead atoms. The molecule has 0 spiro atoms. The quantitative estimate of drug-likeness (QED) is 0.712. The van der Waals surface area contributed by atoms with E-state index >= 15 is 0 Å². The highest BCUT2D eigenvalue weighted by Gasteiger charge is 2.15. The second kappa shape index (κ2) is 3.54. The molecule has 2 aromatic rings. The van der Waals surface area contributed by atoms with Crippen molar-refractivity contribution in [3.05, 3.63) is 34.9 Å². The summed E-state index contributed by atoms with van der Waals surface area (Å²) >= 11 is 5.34. The third-order valence-corrected chi connectivity index (χ3v) is 1.79. The van der Waals surface area contributed by atoms with Crippen molar-refractivity contribution in [2.45, 2.75) is 0 Å². The van der Waals surface area contributed by atoms with Crippen LogP contribution in [0.2, 0.25) is 5.28 Å². The van der Waals surface area contributed by atoms with E-state index in [1.807, 2.05) is 0 Å². The Morgan fingerprint density at radius 3 is 2.20 bits per heavy atom. The minimum absolute atomic E-state index is 0.0780. The lowest BCUT2D eigenvalue weighted by Crippen LogP contribution is -1.91. The molecule has 15 heavy (non-hydrogen) atoms. The molecule has 0 saturated heterocycles. The monoisotopic (exact) mass is 234 g/mol. The largest absolute Gasteiger partial charge is 0.333 e. The van der Waals surface area contributed by atoms with Crippen molar-refractivity contribution < 1.29 is 17.7 Å². The molecule has 0 aliphatic rings. The number of hydrogen-bond acceptors (Lipinski definition) is 3. The zero-order valence-electron chi connectivity index (χ0n) is 6.97. The molecule has 1 aromatic carbocycles. The van der Waals surface area contributed by atoms with Crippen molar-refractivity contribution in [2.24, 2.45) is 0 Å². The highest BCUT2D eigenvalue weighted by molar-refractivity contribution is 6.28. The normalized spacial score (nSPS) is 10.7. The molecule has 0 unspecified atom stereocenters. The second-order valence-electron chi connectivity index (χ2n) is 2.62. The van der Waals surface area contributed by atoms with E-state index < -0.39 is 17.5 Å². The van der Waals surface area contributed by atoms with Crippen LogP contribution in [0, 0.1) is 17.5 Å². The van der Waals surface area contributed by atoms with E-state index in [2.05, 4.69) is 14.7 Å². The van der Waals surface area contributed by atoms with Crippen LogP contribution in [0.4, 0.5) is 13.2 Å². The predicted octanol–water partition coefficient (Wildman–Crippen LogP) is 2.81. The fourth-order valence-electron chi connectivity index (χ4n) is 1.00. The molecular weight excluding hydrogens is 233 g/mol. The van der Waals surface area contributed by atoms with Crippen molar-refractivity contribution in [3.63, 3.8) is 0 Å². The van der Waals surface area contributed by atoms with Gasteiger partial charge in [0.15, 0.2) is 17.5 Å². The van der Waals surface area contributed by atoms with Crippen LogP contribution in [0.3, 0.4) is 0 Å². The molecule has 78 valence electrons. The highest BCUT2D eigenvalue weighted by Crippen LogP contribution is 2.22. The zero-order valence-corrected chi connectivity index (χ0v) is 7.73. The van der Waals surface area contributed by atoms with Crippen LogP contribution >= 0.6 is 11.6 Å². The molecule has 1 heterocycles. The van der Waals surface area contributed by atoms with Gasteiger partial charge in [0.2, 0.25) is 0 Å². The molecule has 0 radical (unpaired) electrons. The minimum Gasteiger partial charge on any atom is -0.333 e. The molecule has 0 atom stereocenters. The van der Waals surface area contributed by atoms with Crippen molar-refractivity contribution in [1.29, 1.82) is 0 Å².